The van der Waals surface area contributed by atoms with Crippen molar-refractivity contribution in [3.05, 3.63) is 52.6 Å². The number of ether oxygens (including phenoxy) is 1. The Labute approximate surface area is 179 Å². The molecule has 4 heterocycles. The van der Waals surface area contributed by atoms with Gasteiger partial charge in [-0.2, -0.15) is 5.10 Å². The lowest BCUT2D eigenvalue weighted by Crippen LogP contribution is -1.99. The van der Waals surface area contributed by atoms with Crippen LogP contribution in [0.4, 0.5) is 0 Å². The topological polar surface area (TPSA) is 94.7 Å². The maximum atomic E-state index is 5.77. The van der Waals surface area contributed by atoms with Crippen molar-refractivity contribution in [2.24, 2.45) is 7.05 Å². The van der Waals surface area contributed by atoms with E-state index >= 15 is 0 Å². The van der Waals surface area contributed by atoms with Crippen LogP contribution in [0.5, 0.6) is 5.75 Å². The Morgan fingerprint density at radius 2 is 1.90 bits per heavy atom. The van der Waals surface area contributed by atoms with Gasteiger partial charge in [-0.05, 0) is 45.4 Å². The molecule has 0 aliphatic rings. The quantitative estimate of drug-likeness (QED) is 0.468. The molecule has 5 rings (SSSR count). The third-order valence-corrected chi connectivity index (χ3v) is 5.73. The lowest BCUT2D eigenvalue weighted by molar-refractivity contribution is 0.393. The minimum Gasteiger partial charge on any atom is -0.496 e. The van der Waals surface area contributed by atoms with E-state index in [9.17, 15) is 0 Å². The molecule has 5 aromatic rings. The summed E-state index contributed by atoms with van der Waals surface area (Å²) in [6, 6.07) is 4.13. The number of aromatic amines is 1. The molecule has 8 nitrogen and oxygen atoms in total. The van der Waals surface area contributed by atoms with Gasteiger partial charge in [-0.15, -0.1) is 0 Å². The number of H-pyrrole nitrogens is 1. The van der Waals surface area contributed by atoms with Gasteiger partial charge in [0.25, 0.3) is 0 Å². The monoisotopic (exact) mass is 416 g/mol. The van der Waals surface area contributed by atoms with Gasteiger partial charge in [0, 0.05) is 41.5 Å². The van der Waals surface area contributed by atoms with Crippen molar-refractivity contribution in [2.45, 2.75) is 34.1 Å². The fourth-order valence-electron chi connectivity index (χ4n) is 4.38. The van der Waals surface area contributed by atoms with E-state index in [0.717, 1.165) is 73.0 Å². The minimum atomic E-state index is 0.681. The molecule has 0 atom stereocenters. The summed E-state index contributed by atoms with van der Waals surface area (Å²) in [6.07, 6.45) is 2.73. The zero-order valence-corrected chi connectivity index (χ0v) is 18.5. The summed E-state index contributed by atoms with van der Waals surface area (Å²) in [5.41, 5.74) is 7.62. The second-order valence-corrected chi connectivity index (χ2v) is 7.95. The number of hydrogen-bond acceptors (Lipinski definition) is 6. The van der Waals surface area contributed by atoms with Gasteiger partial charge in [0.2, 0.25) is 0 Å². The minimum absolute atomic E-state index is 0.681. The molecule has 0 radical (unpaired) electrons. The molecule has 0 spiro atoms. The standard InChI is InChI=1S/C23H24N6O2/c1-11-15(10-29(5)27-11)7-19-22-16-9-20(30-6)17(21-12(2)28-31-13(21)3)8-18(16)26-23(22)25-14(4)24-19/h8-10H,7H2,1-6H3,(H,24,25,26). The molecule has 4 aromatic heterocycles. The van der Waals surface area contributed by atoms with Crippen molar-refractivity contribution in [3.63, 3.8) is 0 Å². The first-order valence-corrected chi connectivity index (χ1v) is 10.1. The third-order valence-electron chi connectivity index (χ3n) is 5.73. The highest BCUT2D eigenvalue weighted by molar-refractivity contribution is 6.09. The summed E-state index contributed by atoms with van der Waals surface area (Å²) in [7, 11) is 3.61. The van der Waals surface area contributed by atoms with Crippen molar-refractivity contribution in [2.75, 3.05) is 7.11 Å². The molecule has 0 amide bonds. The molecule has 0 saturated carbocycles. The van der Waals surface area contributed by atoms with Crippen LogP contribution < -0.4 is 4.74 Å². The molecule has 0 aliphatic heterocycles. The van der Waals surface area contributed by atoms with Gasteiger partial charge in [-0.25, -0.2) is 9.97 Å². The number of aryl methyl sites for hydroxylation is 5. The van der Waals surface area contributed by atoms with E-state index in [1.54, 1.807) is 7.11 Å². The predicted octanol–water partition coefficient (Wildman–Crippen LogP) is 4.33. The first kappa shape index (κ1) is 19.3. The molecule has 0 bridgehead atoms. The lowest BCUT2D eigenvalue weighted by Gasteiger charge is -2.09. The van der Waals surface area contributed by atoms with E-state index in [0.29, 0.717) is 6.42 Å². The van der Waals surface area contributed by atoms with Crippen LogP contribution in [0.25, 0.3) is 33.1 Å². The lowest BCUT2D eigenvalue weighted by atomic mass is 10.00. The molecule has 8 heteroatoms. The van der Waals surface area contributed by atoms with Crippen molar-refractivity contribution in [1.82, 2.24) is 29.9 Å². The number of hydrogen-bond donors (Lipinski definition) is 1. The molecule has 158 valence electrons. The highest BCUT2D eigenvalue weighted by atomic mass is 16.5. The largest absolute Gasteiger partial charge is 0.496 e. The predicted molar refractivity (Wildman–Crippen MR) is 118 cm³/mol. The average molecular weight is 416 g/mol. The number of nitrogens with one attached hydrogen (secondary N) is 1. The second kappa shape index (κ2) is 6.94. The van der Waals surface area contributed by atoms with Crippen LogP contribution in [0.1, 0.15) is 34.2 Å². The van der Waals surface area contributed by atoms with Gasteiger partial charge in [-0.1, -0.05) is 5.16 Å². The highest BCUT2D eigenvalue weighted by Gasteiger charge is 2.21. The number of fused-ring (bicyclic) bond motifs is 3. The summed E-state index contributed by atoms with van der Waals surface area (Å²) in [4.78, 5) is 12.9. The SMILES string of the molecule is COc1cc2c(cc1-c1c(C)noc1C)[nH]c1nc(C)nc(Cc3cn(C)nc3C)c12. The molecule has 1 aromatic carbocycles. The first-order valence-electron chi connectivity index (χ1n) is 10.1. The van der Waals surface area contributed by atoms with Gasteiger partial charge < -0.3 is 14.2 Å². The van der Waals surface area contributed by atoms with Crippen LogP contribution in [0.15, 0.2) is 22.9 Å². The molecule has 31 heavy (non-hydrogen) atoms. The maximum absolute atomic E-state index is 5.77. The molecule has 1 N–H and O–H groups in total. The Bertz CT molecular complexity index is 1440. The van der Waals surface area contributed by atoms with Gasteiger partial charge in [0.1, 0.15) is 23.0 Å². The Morgan fingerprint density at radius 1 is 1.10 bits per heavy atom. The van der Waals surface area contributed by atoms with Gasteiger partial charge in [-0.3, -0.25) is 4.68 Å². The summed E-state index contributed by atoms with van der Waals surface area (Å²) in [5.74, 6) is 2.25. The number of benzene rings is 1. The van der Waals surface area contributed by atoms with Crippen molar-refractivity contribution in [1.29, 1.82) is 0 Å². The van der Waals surface area contributed by atoms with E-state index in [4.69, 9.17) is 14.2 Å². The summed E-state index contributed by atoms with van der Waals surface area (Å²) < 4.78 is 13.0. The van der Waals surface area contributed by atoms with Crippen molar-refractivity contribution < 1.29 is 9.26 Å². The summed E-state index contributed by atoms with van der Waals surface area (Å²) in [6.45, 7) is 7.78. The van der Waals surface area contributed by atoms with Crippen LogP contribution in [0.3, 0.4) is 0 Å². The Hall–Kier alpha value is -3.68. The van der Waals surface area contributed by atoms with Crippen LogP contribution in [-0.4, -0.2) is 37.0 Å². The van der Waals surface area contributed by atoms with E-state index in [2.05, 4.69) is 26.3 Å². The fourth-order valence-corrected chi connectivity index (χ4v) is 4.38. The molecule has 0 aliphatic carbocycles. The van der Waals surface area contributed by atoms with Crippen molar-refractivity contribution >= 4 is 21.9 Å². The normalized spacial score (nSPS) is 11.7. The van der Waals surface area contributed by atoms with Crippen LogP contribution in [-0.2, 0) is 13.5 Å². The molecule has 0 saturated heterocycles. The van der Waals surface area contributed by atoms with Gasteiger partial charge in [0.15, 0.2) is 0 Å². The molecular formula is C23H24N6O2. The molecule has 0 fully saturated rings. The first-order chi connectivity index (χ1) is 14.9. The Kier molecular flexibility index (Phi) is 4.32. The zero-order valence-electron chi connectivity index (χ0n) is 18.5. The van der Waals surface area contributed by atoms with Crippen LogP contribution >= 0.6 is 0 Å². The summed E-state index contributed by atoms with van der Waals surface area (Å²) in [5, 5.41) is 10.6. The molecular weight excluding hydrogens is 392 g/mol. The Morgan fingerprint density at radius 3 is 2.55 bits per heavy atom. The number of nitrogens with zero attached hydrogens (tertiary/aromatic N) is 5. The van der Waals surface area contributed by atoms with Gasteiger partial charge in [0.05, 0.1) is 29.8 Å². The summed E-state index contributed by atoms with van der Waals surface area (Å²) >= 11 is 0. The highest BCUT2D eigenvalue weighted by Crippen LogP contribution is 2.40. The zero-order chi connectivity index (χ0) is 21.9. The second-order valence-electron chi connectivity index (χ2n) is 7.95. The van der Waals surface area contributed by atoms with E-state index < -0.39 is 0 Å². The van der Waals surface area contributed by atoms with Gasteiger partial charge >= 0.3 is 0 Å². The van der Waals surface area contributed by atoms with Crippen LogP contribution in [0, 0.1) is 27.7 Å². The van der Waals surface area contributed by atoms with E-state index in [-0.39, 0.29) is 0 Å². The van der Waals surface area contributed by atoms with Crippen LogP contribution in [0.2, 0.25) is 0 Å². The number of rotatable bonds is 4. The molecule has 0 unspecified atom stereocenters. The Balaban J connectivity index is 1.77. The number of methoxy groups -OCH3 is 1. The van der Waals surface area contributed by atoms with E-state index in [1.807, 2.05) is 51.7 Å². The third kappa shape index (κ3) is 3.06. The fraction of sp³-hybridized carbons (Fsp3) is 0.304. The van der Waals surface area contributed by atoms with E-state index in [1.165, 1.54) is 0 Å². The maximum Gasteiger partial charge on any atom is 0.142 e. The average Bonchev–Trinajstić information content (AvgIpc) is 3.34. The number of aromatic nitrogens is 6. The smallest absolute Gasteiger partial charge is 0.142 e. The van der Waals surface area contributed by atoms with Crippen molar-refractivity contribution in [3.8, 4) is 16.9 Å².